The standard InChI is InChI=1S/2C5H6O2/c2*1-4-2-3-7-5(4)6/h2*2H,3H2,1H3. The van der Waals surface area contributed by atoms with Crippen LogP contribution in [-0.4, -0.2) is 25.2 Å². The number of cyclic esters (lactones) is 2. The van der Waals surface area contributed by atoms with E-state index < -0.39 is 0 Å². The zero-order chi connectivity index (χ0) is 10.6. The van der Waals surface area contributed by atoms with Crippen LogP contribution in [0.25, 0.3) is 0 Å². The molecule has 0 radical (unpaired) electrons. The van der Waals surface area contributed by atoms with Crippen LogP contribution in [0, 0.1) is 0 Å². The van der Waals surface area contributed by atoms with Gasteiger partial charge in [-0.05, 0) is 26.0 Å². The van der Waals surface area contributed by atoms with Crippen LogP contribution in [0.2, 0.25) is 0 Å². The van der Waals surface area contributed by atoms with Crippen molar-refractivity contribution in [2.24, 2.45) is 0 Å². The minimum Gasteiger partial charge on any atom is -0.458 e. The van der Waals surface area contributed by atoms with Gasteiger partial charge in [-0.25, -0.2) is 9.59 Å². The van der Waals surface area contributed by atoms with Crippen LogP contribution in [-0.2, 0) is 19.1 Å². The molecule has 0 spiro atoms. The molecule has 0 aliphatic carbocycles. The van der Waals surface area contributed by atoms with Crippen molar-refractivity contribution in [1.29, 1.82) is 0 Å². The van der Waals surface area contributed by atoms with Crippen LogP contribution in [0.15, 0.2) is 23.3 Å². The second-order valence-electron chi connectivity index (χ2n) is 2.97. The molecule has 0 aromatic carbocycles. The molecular weight excluding hydrogens is 184 g/mol. The van der Waals surface area contributed by atoms with E-state index in [0.29, 0.717) is 13.2 Å². The van der Waals surface area contributed by atoms with Gasteiger partial charge in [-0.3, -0.25) is 0 Å². The van der Waals surface area contributed by atoms with Crippen LogP contribution >= 0.6 is 0 Å². The summed E-state index contributed by atoms with van der Waals surface area (Å²) in [5.74, 6) is -0.361. The van der Waals surface area contributed by atoms with E-state index in [-0.39, 0.29) is 11.9 Å². The first-order valence-corrected chi connectivity index (χ1v) is 4.29. The van der Waals surface area contributed by atoms with Crippen molar-refractivity contribution >= 4 is 11.9 Å². The Morgan fingerprint density at radius 2 is 1.29 bits per heavy atom. The molecule has 4 heteroatoms. The second-order valence-corrected chi connectivity index (χ2v) is 2.97. The van der Waals surface area contributed by atoms with Gasteiger partial charge in [0, 0.05) is 11.1 Å². The molecular formula is C10H12O4. The molecule has 4 nitrogen and oxygen atoms in total. The highest BCUT2D eigenvalue weighted by Crippen LogP contribution is 2.03. The van der Waals surface area contributed by atoms with E-state index in [4.69, 9.17) is 0 Å². The number of ether oxygens (including phenoxy) is 2. The van der Waals surface area contributed by atoms with Crippen molar-refractivity contribution < 1.29 is 19.1 Å². The number of hydrogen-bond donors (Lipinski definition) is 0. The maximum absolute atomic E-state index is 10.3. The van der Waals surface area contributed by atoms with E-state index in [9.17, 15) is 9.59 Å². The van der Waals surface area contributed by atoms with Gasteiger partial charge < -0.3 is 9.47 Å². The van der Waals surface area contributed by atoms with Gasteiger partial charge >= 0.3 is 11.9 Å². The zero-order valence-corrected chi connectivity index (χ0v) is 8.20. The number of esters is 2. The van der Waals surface area contributed by atoms with Crippen molar-refractivity contribution in [3.63, 3.8) is 0 Å². The van der Waals surface area contributed by atoms with Crippen LogP contribution in [0.3, 0.4) is 0 Å². The third-order valence-corrected chi connectivity index (χ3v) is 1.85. The fraction of sp³-hybridized carbons (Fsp3) is 0.400. The molecule has 0 saturated carbocycles. The molecule has 0 aromatic heterocycles. The molecule has 0 amide bonds. The van der Waals surface area contributed by atoms with E-state index in [0.717, 1.165) is 11.1 Å². The van der Waals surface area contributed by atoms with Crippen molar-refractivity contribution in [2.75, 3.05) is 13.2 Å². The maximum atomic E-state index is 10.3. The highest BCUT2D eigenvalue weighted by atomic mass is 16.5. The highest BCUT2D eigenvalue weighted by Gasteiger charge is 2.09. The summed E-state index contributed by atoms with van der Waals surface area (Å²) in [6, 6.07) is 0. The molecule has 0 unspecified atom stereocenters. The Kier molecular flexibility index (Phi) is 3.45. The molecule has 0 bridgehead atoms. The number of carbonyl (C=O) groups excluding carboxylic acids is 2. The smallest absolute Gasteiger partial charge is 0.333 e. The molecule has 0 fully saturated rings. The molecule has 0 aromatic rings. The zero-order valence-electron chi connectivity index (χ0n) is 8.20. The first-order chi connectivity index (χ1) is 6.61. The highest BCUT2D eigenvalue weighted by molar-refractivity contribution is 5.89. The lowest BCUT2D eigenvalue weighted by Gasteiger charge is -1.85. The quantitative estimate of drug-likeness (QED) is 0.542. The summed E-state index contributed by atoms with van der Waals surface area (Å²) in [5.41, 5.74) is 1.44. The van der Waals surface area contributed by atoms with Gasteiger partial charge in [-0.15, -0.1) is 0 Å². The van der Waals surface area contributed by atoms with E-state index in [1.807, 2.05) is 0 Å². The summed E-state index contributed by atoms with van der Waals surface area (Å²) in [6.45, 7) is 4.42. The number of rotatable bonds is 0. The molecule has 2 heterocycles. The second kappa shape index (κ2) is 4.60. The van der Waals surface area contributed by atoms with Gasteiger partial charge in [0.05, 0.1) is 0 Å². The Morgan fingerprint density at radius 1 is 0.929 bits per heavy atom. The topological polar surface area (TPSA) is 52.6 Å². The first-order valence-electron chi connectivity index (χ1n) is 4.29. The number of carbonyl (C=O) groups is 2. The Bertz CT molecular complexity index is 280. The molecule has 0 N–H and O–H groups in total. The molecule has 76 valence electrons. The molecule has 2 aliphatic rings. The minimum absolute atomic E-state index is 0.181. The predicted octanol–water partition coefficient (Wildman–Crippen LogP) is 0.979. The van der Waals surface area contributed by atoms with Gasteiger partial charge in [0.1, 0.15) is 13.2 Å². The fourth-order valence-corrected chi connectivity index (χ4v) is 0.879. The Morgan fingerprint density at radius 3 is 1.36 bits per heavy atom. The van der Waals surface area contributed by atoms with E-state index in [1.54, 1.807) is 26.0 Å². The Labute approximate surface area is 82.2 Å². The van der Waals surface area contributed by atoms with Gasteiger partial charge in [0.2, 0.25) is 0 Å². The monoisotopic (exact) mass is 196 g/mol. The van der Waals surface area contributed by atoms with Crippen LogP contribution in [0.4, 0.5) is 0 Å². The molecule has 0 saturated heterocycles. The van der Waals surface area contributed by atoms with Crippen molar-refractivity contribution in [1.82, 2.24) is 0 Å². The minimum atomic E-state index is -0.181. The van der Waals surface area contributed by atoms with E-state index >= 15 is 0 Å². The summed E-state index contributed by atoms with van der Waals surface area (Å²) in [7, 11) is 0. The average Bonchev–Trinajstić information content (AvgIpc) is 2.67. The average molecular weight is 196 g/mol. The lowest BCUT2D eigenvalue weighted by atomic mass is 10.3. The maximum Gasteiger partial charge on any atom is 0.333 e. The van der Waals surface area contributed by atoms with Crippen molar-refractivity contribution in [2.45, 2.75) is 13.8 Å². The van der Waals surface area contributed by atoms with Crippen LogP contribution < -0.4 is 0 Å². The fourth-order valence-electron chi connectivity index (χ4n) is 0.879. The van der Waals surface area contributed by atoms with Crippen molar-refractivity contribution in [3.8, 4) is 0 Å². The largest absolute Gasteiger partial charge is 0.458 e. The predicted molar refractivity (Wildman–Crippen MR) is 49.4 cm³/mol. The van der Waals surface area contributed by atoms with E-state index in [2.05, 4.69) is 9.47 Å². The van der Waals surface area contributed by atoms with Gasteiger partial charge in [0.25, 0.3) is 0 Å². The summed E-state index contributed by atoms with van der Waals surface area (Å²) >= 11 is 0. The molecule has 14 heavy (non-hydrogen) atoms. The molecule has 2 rings (SSSR count). The molecule has 0 atom stereocenters. The van der Waals surface area contributed by atoms with Gasteiger partial charge in [0.15, 0.2) is 0 Å². The molecule has 2 aliphatic heterocycles. The lowest BCUT2D eigenvalue weighted by Crippen LogP contribution is -1.94. The lowest BCUT2D eigenvalue weighted by molar-refractivity contribution is -0.136. The van der Waals surface area contributed by atoms with Crippen molar-refractivity contribution in [3.05, 3.63) is 23.3 Å². The summed E-state index contributed by atoms with van der Waals surface area (Å²) in [5, 5.41) is 0. The third-order valence-electron chi connectivity index (χ3n) is 1.85. The first kappa shape index (κ1) is 10.5. The summed E-state index contributed by atoms with van der Waals surface area (Å²) in [4.78, 5) is 20.6. The Hall–Kier alpha value is -1.58. The van der Waals surface area contributed by atoms with Crippen LogP contribution in [0.1, 0.15) is 13.8 Å². The number of hydrogen-bond acceptors (Lipinski definition) is 4. The van der Waals surface area contributed by atoms with Crippen LogP contribution in [0.5, 0.6) is 0 Å². The Balaban J connectivity index is 0.000000140. The van der Waals surface area contributed by atoms with E-state index in [1.165, 1.54) is 0 Å². The summed E-state index contributed by atoms with van der Waals surface area (Å²) < 4.78 is 9.07. The van der Waals surface area contributed by atoms with Gasteiger partial charge in [-0.2, -0.15) is 0 Å². The van der Waals surface area contributed by atoms with Gasteiger partial charge in [-0.1, -0.05) is 0 Å². The SMILES string of the molecule is CC1=CCOC1=O.CC1=CCOC1=O. The summed E-state index contributed by atoms with van der Waals surface area (Å²) in [6.07, 6.45) is 3.53. The third kappa shape index (κ3) is 2.73. The normalized spacial score (nSPS) is 19.0.